The molecule has 2 N–H and O–H groups in total. The number of methoxy groups -OCH3 is 1. The lowest BCUT2D eigenvalue weighted by Gasteiger charge is -2.28. The normalized spacial score (nSPS) is 16.9. The molecule has 0 spiro atoms. The Labute approximate surface area is 228 Å². The molecular formula is C30H31N5O2S. The summed E-state index contributed by atoms with van der Waals surface area (Å²) in [4.78, 5) is 18.8. The van der Waals surface area contributed by atoms with Crippen LogP contribution in [0.15, 0.2) is 85.1 Å². The molecule has 2 aromatic heterocycles. The van der Waals surface area contributed by atoms with E-state index >= 15 is 0 Å². The van der Waals surface area contributed by atoms with Gasteiger partial charge in [-0.05, 0) is 79.7 Å². The Kier molecular flexibility index (Phi) is 7.53. The molecule has 1 aliphatic rings. The lowest BCUT2D eigenvalue weighted by atomic mass is 9.96. The van der Waals surface area contributed by atoms with E-state index in [1.54, 1.807) is 0 Å². The second kappa shape index (κ2) is 11.2. The van der Waals surface area contributed by atoms with Crippen molar-refractivity contribution in [1.82, 2.24) is 14.9 Å². The Morgan fingerprint density at radius 1 is 1.05 bits per heavy atom. The summed E-state index contributed by atoms with van der Waals surface area (Å²) in [5, 5.41) is 7.02. The molecule has 38 heavy (non-hydrogen) atoms. The maximum Gasteiger partial charge on any atom is 0.250 e. The number of hydrogen-bond donors (Lipinski definition) is 2. The summed E-state index contributed by atoms with van der Waals surface area (Å²) in [7, 11) is 1.50. The van der Waals surface area contributed by atoms with Gasteiger partial charge in [0.1, 0.15) is 6.61 Å². The van der Waals surface area contributed by atoms with E-state index in [1.165, 1.54) is 29.6 Å². The van der Waals surface area contributed by atoms with Gasteiger partial charge in [-0.1, -0.05) is 36.4 Å². The summed E-state index contributed by atoms with van der Waals surface area (Å²) in [6.07, 6.45) is 1.82. The molecule has 194 valence electrons. The number of anilines is 2. The predicted molar refractivity (Wildman–Crippen MR) is 154 cm³/mol. The summed E-state index contributed by atoms with van der Waals surface area (Å²) in [5.41, 5.74) is 7.39. The minimum Gasteiger partial charge on any atom is -0.375 e. The van der Waals surface area contributed by atoms with Crippen LogP contribution in [0.5, 0.6) is 0 Å². The van der Waals surface area contributed by atoms with Gasteiger partial charge in [0, 0.05) is 42.6 Å². The largest absolute Gasteiger partial charge is 0.375 e. The van der Waals surface area contributed by atoms with Gasteiger partial charge in [0.2, 0.25) is 5.91 Å². The zero-order valence-corrected chi connectivity index (χ0v) is 22.5. The van der Waals surface area contributed by atoms with E-state index in [-0.39, 0.29) is 24.6 Å². The van der Waals surface area contributed by atoms with E-state index in [0.717, 1.165) is 17.9 Å². The SMILES string of the molecule is COCC(=O)Nc1ccc(N2C(=S)N[C@H](c3ccccn3)[C@H]2c2cc(C)n(Cc3ccccc3)c2C)cc1. The van der Waals surface area contributed by atoms with Gasteiger partial charge in [0.05, 0.1) is 17.8 Å². The number of hydrogen-bond acceptors (Lipinski definition) is 4. The molecule has 4 aromatic rings. The van der Waals surface area contributed by atoms with E-state index in [2.05, 4.69) is 69.3 Å². The molecule has 0 saturated carbocycles. The second-order valence-corrected chi connectivity index (χ2v) is 9.81. The molecule has 0 bridgehead atoms. The molecule has 0 unspecified atom stereocenters. The van der Waals surface area contributed by atoms with Crippen molar-refractivity contribution >= 4 is 34.6 Å². The van der Waals surface area contributed by atoms with Crippen LogP contribution >= 0.6 is 12.2 Å². The number of thiocarbonyl (C=S) groups is 1. The Bertz CT molecular complexity index is 1420. The van der Waals surface area contributed by atoms with Crippen molar-refractivity contribution in [2.75, 3.05) is 23.9 Å². The van der Waals surface area contributed by atoms with E-state index in [9.17, 15) is 4.79 Å². The summed E-state index contributed by atoms with van der Waals surface area (Å²) >= 11 is 5.90. The number of benzene rings is 2. The maximum atomic E-state index is 12.0. The average Bonchev–Trinajstić information content (AvgIpc) is 3.41. The number of nitrogens with zero attached hydrogens (tertiary/aromatic N) is 3. The van der Waals surface area contributed by atoms with Crippen LogP contribution in [0.4, 0.5) is 11.4 Å². The lowest BCUT2D eigenvalue weighted by molar-refractivity contribution is -0.119. The van der Waals surface area contributed by atoms with E-state index in [0.29, 0.717) is 10.8 Å². The number of nitrogens with one attached hydrogen (secondary N) is 2. The number of aromatic nitrogens is 2. The first kappa shape index (κ1) is 25.6. The maximum absolute atomic E-state index is 12.0. The molecule has 1 fully saturated rings. The monoisotopic (exact) mass is 525 g/mol. The fourth-order valence-corrected chi connectivity index (χ4v) is 5.46. The molecule has 0 radical (unpaired) electrons. The van der Waals surface area contributed by atoms with Crippen molar-refractivity contribution in [3.05, 3.63) is 113 Å². The van der Waals surface area contributed by atoms with Crippen LogP contribution < -0.4 is 15.5 Å². The molecule has 7 nitrogen and oxygen atoms in total. The summed E-state index contributed by atoms with van der Waals surface area (Å²) in [6, 6.07) is 26.2. The Balaban J connectivity index is 1.54. The Morgan fingerprint density at radius 3 is 2.47 bits per heavy atom. The van der Waals surface area contributed by atoms with Gasteiger partial charge in [0.25, 0.3) is 0 Å². The first-order valence-corrected chi connectivity index (χ1v) is 13.0. The van der Waals surface area contributed by atoms with Gasteiger partial charge in [-0.15, -0.1) is 0 Å². The fraction of sp³-hybridized carbons (Fsp3) is 0.233. The van der Waals surface area contributed by atoms with Crippen molar-refractivity contribution in [2.45, 2.75) is 32.5 Å². The number of rotatable bonds is 8. The third kappa shape index (κ3) is 5.18. The van der Waals surface area contributed by atoms with Gasteiger partial charge in [-0.25, -0.2) is 0 Å². The fourth-order valence-electron chi connectivity index (χ4n) is 5.12. The van der Waals surface area contributed by atoms with Gasteiger partial charge in [-0.3, -0.25) is 9.78 Å². The minimum absolute atomic E-state index is 0.00824. The molecular weight excluding hydrogens is 494 g/mol. The van der Waals surface area contributed by atoms with E-state index in [1.807, 2.05) is 54.7 Å². The van der Waals surface area contributed by atoms with Crippen molar-refractivity contribution in [3.63, 3.8) is 0 Å². The molecule has 1 amide bonds. The third-order valence-electron chi connectivity index (χ3n) is 6.92. The molecule has 5 rings (SSSR count). The highest BCUT2D eigenvalue weighted by Gasteiger charge is 2.42. The van der Waals surface area contributed by atoms with Crippen LogP contribution in [0.3, 0.4) is 0 Å². The van der Waals surface area contributed by atoms with Crippen LogP contribution in [-0.2, 0) is 16.1 Å². The zero-order chi connectivity index (χ0) is 26.6. The van der Waals surface area contributed by atoms with Gasteiger partial charge in [-0.2, -0.15) is 0 Å². The van der Waals surface area contributed by atoms with Crippen LogP contribution in [0.1, 0.15) is 40.3 Å². The van der Waals surface area contributed by atoms with Crippen molar-refractivity contribution < 1.29 is 9.53 Å². The number of carbonyl (C=O) groups is 1. The summed E-state index contributed by atoms with van der Waals surface area (Å²) < 4.78 is 7.27. The molecule has 8 heteroatoms. The van der Waals surface area contributed by atoms with Gasteiger partial charge < -0.3 is 24.8 Å². The van der Waals surface area contributed by atoms with Crippen molar-refractivity contribution in [2.24, 2.45) is 0 Å². The van der Waals surface area contributed by atoms with Crippen LogP contribution in [-0.4, -0.2) is 34.3 Å². The van der Waals surface area contributed by atoms with E-state index < -0.39 is 0 Å². The highest BCUT2D eigenvalue weighted by Crippen LogP contribution is 2.43. The molecule has 2 aromatic carbocycles. The number of pyridine rings is 1. The number of amides is 1. The molecule has 3 heterocycles. The van der Waals surface area contributed by atoms with Gasteiger partial charge >= 0.3 is 0 Å². The predicted octanol–water partition coefficient (Wildman–Crippen LogP) is 5.31. The number of carbonyl (C=O) groups excluding carboxylic acids is 1. The molecule has 1 saturated heterocycles. The first-order valence-electron chi connectivity index (χ1n) is 12.6. The zero-order valence-electron chi connectivity index (χ0n) is 21.7. The highest BCUT2D eigenvalue weighted by atomic mass is 32.1. The third-order valence-corrected chi connectivity index (χ3v) is 7.23. The van der Waals surface area contributed by atoms with Crippen LogP contribution in [0, 0.1) is 13.8 Å². The number of aryl methyl sites for hydroxylation is 1. The molecule has 1 aliphatic heterocycles. The topological polar surface area (TPSA) is 71.4 Å². The quantitative estimate of drug-likeness (QED) is 0.304. The standard InChI is InChI=1S/C30H31N5O2S/c1-20-17-25(21(2)34(20)18-22-9-5-4-6-10-22)29-28(26-11-7-8-16-31-26)33-30(38)35(29)24-14-12-23(13-15-24)32-27(36)19-37-3/h4-17,28-29H,18-19H2,1-3H3,(H,32,36)(H,33,38)/t28-,29-/m1/s1. The lowest BCUT2D eigenvalue weighted by Crippen LogP contribution is -2.29. The van der Waals surface area contributed by atoms with Crippen molar-refractivity contribution in [1.29, 1.82) is 0 Å². The van der Waals surface area contributed by atoms with E-state index in [4.69, 9.17) is 17.0 Å². The average molecular weight is 526 g/mol. The number of ether oxygens (including phenoxy) is 1. The van der Waals surface area contributed by atoms with Crippen LogP contribution in [0.2, 0.25) is 0 Å². The summed E-state index contributed by atoms with van der Waals surface area (Å²) in [6.45, 7) is 5.13. The smallest absolute Gasteiger partial charge is 0.250 e. The molecule has 2 atom stereocenters. The first-order chi connectivity index (χ1) is 18.5. The highest BCUT2D eigenvalue weighted by molar-refractivity contribution is 7.80. The molecule has 0 aliphatic carbocycles. The summed E-state index contributed by atoms with van der Waals surface area (Å²) in [5.74, 6) is -0.197. The van der Waals surface area contributed by atoms with Crippen LogP contribution in [0.25, 0.3) is 0 Å². The van der Waals surface area contributed by atoms with Crippen molar-refractivity contribution in [3.8, 4) is 0 Å². The Morgan fingerprint density at radius 2 is 1.79 bits per heavy atom. The van der Waals surface area contributed by atoms with Gasteiger partial charge in [0.15, 0.2) is 5.11 Å². The second-order valence-electron chi connectivity index (χ2n) is 9.42. The minimum atomic E-state index is -0.197. The Hall–Kier alpha value is -4.01.